The number of likely N-dealkylation sites (N-methyl/N-ethyl adjacent to an activating group) is 1. The molecule has 8 nitrogen and oxygen atoms in total. The molecule has 3 rings (SSSR count). The van der Waals surface area contributed by atoms with Gasteiger partial charge in [-0.3, -0.25) is 9.59 Å². The summed E-state index contributed by atoms with van der Waals surface area (Å²) >= 11 is 0. The highest BCUT2D eigenvalue weighted by molar-refractivity contribution is 5.96. The molecule has 2 aromatic rings. The number of methoxy groups -OCH3 is 2. The monoisotopic (exact) mass is 565 g/mol. The van der Waals surface area contributed by atoms with E-state index >= 15 is 0 Å². The van der Waals surface area contributed by atoms with Crippen LogP contribution in [0.3, 0.4) is 0 Å². The third-order valence-electron chi connectivity index (χ3n) is 7.98. The summed E-state index contributed by atoms with van der Waals surface area (Å²) in [5.41, 5.74) is 4.06. The highest BCUT2D eigenvalue weighted by atomic mass is 16.5. The zero-order valence-corrected chi connectivity index (χ0v) is 25.4. The molecule has 0 N–H and O–H groups in total. The van der Waals surface area contributed by atoms with E-state index in [-0.39, 0.29) is 11.8 Å². The zero-order chi connectivity index (χ0) is 29.8. The summed E-state index contributed by atoms with van der Waals surface area (Å²) in [4.78, 5) is 43.7. The molecule has 0 saturated carbocycles. The Morgan fingerprint density at radius 2 is 1.61 bits per heavy atom. The molecule has 8 heteroatoms. The molecule has 1 fully saturated rings. The summed E-state index contributed by atoms with van der Waals surface area (Å²) in [5, 5.41) is 0. The second-order valence-corrected chi connectivity index (χ2v) is 10.9. The number of hydrogen-bond donors (Lipinski definition) is 0. The quantitative estimate of drug-likeness (QED) is 0.265. The highest BCUT2D eigenvalue weighted by Gasteiger charge is 2.41. The average molecular weight is 566 g/mol. The van der Waals surface area contributed by atoms with Gasteiger partial charge in [-0.15, -0.1) is 0 Å². The minimum absolute atomic E-state index is 0.000478. The minimum atomic E-state index is -0.496. The molecule has 41 heavy (non-hydrogen) atoms. The lowest BCUT2D eigenvalue weighted by molar-refractivity contribution is -0.159. The first-order chi connectivity index (χ1) is 19.8. The second kappa shape index (κ2) is 16.2. The van der Waals surface area contributed by atoms with E-state index in [1.165, 1.54) is 32.8 Å². The van der Waals surface area contributed by atoms with Crippen LogP contribution in [0.25, 0.3) is 11.1 Å². The Labute approximate surface area is 245 Å². The number of ether oxygens (including phenoxy) is 2. The van der Waals surface area contributed by atoms with Gasteiger partial charge in [0.15, 0.2) is 0 Å². The molecular weight excluding hydrogens is 518 g/mol. The average Bonchev–Trinajstić information content (AvgIpc) is 2.99. The Hall–Kier alpha value is -3.39. The van der Waals surface area contributed by atoms with E-state index in [0.717, 1.165) is 35.1 Å². The van der Waals surface area contributed by atoms with Crippen molar-refractivity contribution in [2.75, 3.05) is 41.0 Å². The first-order valence-corrected chi connectivity index (χ1v) is 14.9. The Morgan fingerprint density at radius 3 is 2.29 bits per heavy atom. The van der Waals surface area contributed by atoms with E-state index in [9.17, 15) is 14.4 Å². The summed E-state index contributed by atoms with van der Waals surface area (Å²) in [5.74, 6) is 0.0362. The van der Waals surface area contributed by atoms with Gasteiger partial charge in [-0.25, -0.2) is 4.79 Å². The van der Waals surface area contributed by atoms with Gasteiger partial charge in [0, 0.05) is 40.2 Å². The normalized spacial score (nSPS) is 17.2. The SMILES string of the molecule is CCCCCCCCN1C(=O)[C@H](Cc2ccc(-c3cccc(CN(CCOC)C(=O)OC)c3)cc2)N(C)C(=O)[C@@H]1C. The van der Waals surface area contributed by atoms with E-state index in [1.54, 1.807) is 28.9 Å². The molecular formula is C33H47N3O5. The zero-order valence-electron chi connectivity index (χ0n) is 25.4. The summed E-state index contributed by atoms with van der Waals surface area (Å²) in [7, 11) is 4.72. The fourth-order valence-corrected chi connectivity index (χ4v) is 5.41. The number of nitrogens with zero attached hydrogens (tertiary/aromatic N) is 3. The maximum Gasteiger partial charge on any atom is 0.409 e. The van der Waals surface area contributed by atoms with Crippen molar-refractivity contribution in [1.82, 2.24) is 14.7 Å². The number of carbonyl (C=O) groups excluding carboxylic acids is 3. The molecule has 0 bridgehead atoms. The Bertz CT molecular complexity index is 1140. The standard InChI is InChI=1S/C33H47N3O5/c1-6-7-8-9-10-11-19-36-25(2)31(37)34(3)30(32(36)38)23-26-15-17-28(18-16-26)29-14-12-13-27(22-29)24-35(20-21-40-4)33(39)41-5/h12-18,22,25,30H,6-11,19-21,23-24H2,1-5H3/t25-,30-/m0/s1. The maximum atomic E-state index is 13.5. The van der Waals surface area contributed by atoms with Crippen LogP contribution >= 0.6 is 0 Å². The Balaban J connectivity index is 1.66. The molecule has 0 radical (unpaired) electrons. The van der Waals surface area contributed by atoms with Crippen LogP contribution in [0.1, 0.15) is 63.5 Å². The first kappa shape index (κ1) is 32.1. The van der Waals surface area contributed by atoms with Crippen molar-refractivity contribution >= 4 is 17.9 Å². The van der Waals surface area contributed by atoms with Crippen LogP contribution in [0, 0.1) is 0 Å². The smallest absolute Gasteiger partial charge is 0.409 e. The fraction of sp³-hybridized carbons (Fsp3) is 0.545. The molecule has 1 aliphatic heterocycles. The largest absolute Gasteiger partial charge is 0.453 e. The lowest BCUT2D eigenvalue weighted by atomic mass is 9.96. The van der Waals surface area contributed by atoms with Gasteiger partial charge in [-0.2, -0.15) is 0 Å². The molecule has 2 aromatic carbocycles. The van der Waals surface area contributed by atoms with Crippen LogP contribution in [0.15, 0.2) is 48.5 Å². The van der Waals surface area contributed by atoms with Crippen molar-refractivity contribution in [3.05, 3.63) is 59.7 Å². The van der Waals surface area contributed by atoms with E-state index in [0.29, 0.717) is 32.7 Å². The second-order valence-electron chi connectivity index (χ2n) is 10.9. The number of unbranched alkanes of at least 4 members (excludes halogenated alkanes) is 5. The summed E-state index contributed by atoms with van der Waals surface area (Å²) in [6.07, 6.45) is 6.97. The van der Waals surface area contributed by atoms with Crippen molar-refractivity contribution in [3.8, 4) is 11.1 Å². The third kappa shape index (κ3) is 8.80. The summed E-state index contributed by atoms with van der Waals surface area (Å²) in [6, 6.07) is 15.3. The van der Waals surface area contributed by atoms with Gasteiger partial charge < -0.3 is 24.2 Å². The molecule has 3 amide bonds. The molecule has 1 aliphatic rings. The predicted octanol–water partition coefficient (Wildman–Crippen LogP) is 5.53. The van der Waals surface area contributed by atoms with E-state index in [4.69, 9.17) is 9.47 Å². The van der Waals surface area contributed by atoms with Crippen LogP contribution in [-0.2, 0) is 32.0 Å². The van der Waals surface area contributed by atoms with E-state index < -0.39 is 18.2 Å². The number of rotatable bonds is 15. The van der Waals surface area contributed by atoms with Crippen molar-refractivity contribution < 1.29 is 23.9 Å². The van der Waals surface area contributed by atoms with Crippen molar-refractivity contribution in [2.24, 2.45) is 0 Å². The van der Waals surface area contributed by atoms with Gasteiger partial charge in [0.05, 0.1) is 13.7 Å². The molecule has 0 unspecified atom stereocenters. The van der Waals surface area contributed by atoms with Crippen LogP contribution in [0.2, 0.25) is 0 Å². The van der Waals surface area contributed by atoms with Crippen molar-refractivity contribution in [2.45, 2.75) is 77.4 Å². The van der Waals surface area contributed by atoms with Gasteiger partial charge >= 0.3 is 6.09 Å². The van der Waals surface area contributed by atoms with Gasteiger partial charge in [-0.1, -0.05) is 81.5 Å². The summed E-state index contributed by atoms with van der Waals surface area (Å²) in [6.45, 7) is 5.96. The lowest BCUT2D eigenvalue weighted by Crippen LogP contribution is -2.63. The number of benzene rings is 2. The van der Waals surface area contributed by atoms with E-state index in [2.05, 4.69) is 13.0 Å². The molecule has 0 aromatic heterocycles. The van der Waals surface area contributed by atoms with Crippen LogP contribution in [0.4, 0.5) is 4.79 Å². The minimum Gasteiger partial charge on any atom is -0.453 e. The molecule has 2 atom stereocenters. The summed E-state index contributed by atoms with van der Waals surface area (Å²) < 4.78 is 10.1. The molecule has 1 heterocycles. The number of amides is 3. The molecule has 0 aliphatic carbocycles. The first-order valence-electron chi connectivity index (χ1n) is 14.9. The number of hydrogen-bond acceptors (Lipinski definition) is 5. The Kier molecular flexibility index (Phi) is 12.7. The highest BCUT2D eigenvalue weighted by Crippen LogP contribution is 2.25. The van der Waals surface area contributed by atoms with E-state index in [1.807, 2.05) is 49.4 Å². The predicted molar refractivity (Wildman–Crippen MR) is 161 cm³/mol. The topological polar surface area (TPSA) is 79.4 Å². The maximum absolute atomic E-state index is 13.5. The fourth-order valence-electron chi connectivity index (χ4n) is 5.41. The van der Waals surface area contributed by atoms with Gasteiger partial charge in [-0.05, 0) is 41.7 Å². The number of piperazine rings is 1. The Morgan fingerprint density at radius 1 is 0.902 bits per heavy atom. The van der Waals surface area contributed by atoms with Gasteiger partial charge in [0.1, 0.15) is 12.1 Å². The van der Waals surface area contributed by atoms with Gasteiger partial charge in [0.2, 0.25) is 11.8 Å². The van der Waals surface area contributed by atoms with Crippen LogP contribution in [0.5, 0.6) is 0 Å². The lowest BCUT2D eigenvalue weighted by Gasteiger charge is -2.42. The van der Waals surface area contributed by atoms with Crippen LogP contribution < -0.4 is 0 Å². The number of carbonyl (C=O) groups is 3. The third-order valence-corrected chi connectivity index (χ3v) is 7.98. The van der Waals surface area contributed by atoms with Gasteiger partial charge in [0.25, 0.3) is 0 Å². The molecule has 0 spiro atoms. The van der Waals surface area contributed by atoms with Crippen molar-refractivity contribution in [1.29, 1.82) is 0 Å². The van der Waals surface area contributed by atoms with Crippen molar-refractivity contribution in [3.63, 3.8) is 0 Å². The molecule has 1 saturated heterocycles. The molecule has 224 valence electrons. The van der Waals surface area contributed by atoms with Crippen LogP contribution in [-0.4, -0.2) is 85.7 Å².